The third-order valence-corrected chi connectivity index (χ3v) is 2.53. The Labute approximate surface area is 102 Å². The number of rotatable bonds is 3. The third-order valence-electron chi connectivity index (χ3n) is 2.53. The highest BCUT2D eigenvalue weighted by atomic mass is 19.4. The van der Waals surface area contributed by atoms with Gasteiger partial charge in [-0.05, 0) is 42.8 Å². The molecule has 1 heterocycles. The average molecular weight is 255 g/mol. The minimum atomic E-state index is -4.31. The molecule has 0 saturated carbocycles. The number of nitrogens with zero attached hydrogens (tertiary/aromatic N) is 2. The Hall–Kier alpha value is -1.82. The van der Waals surface area contributed by atoms with Crippen LogP contribution in [0.2, 0.25) is 0 Å². The van der Waals surface area contributed by atoms with Crippen LogP contribution in [-0.2, 0) is 12.6 Å². The normalized spacial score (nSPS) is 11.8. The van der Waals surface area contributed by atoms with Crippen molar-refractivity contribution >= 4 is 0 Å². The largest absolute Gasteiger partial charge is 0.416 e. The van der Waals surface area contributed by atoms with E-state index in [-0.39, 0.29) is 0 Å². The molecule has 2 aromatic rings. The molecule has 0 bridgehead atoms. The third kappa shape index (κ3) is 2.70. The Kier molecular flexibility index (Phi) is 3.38. The van der Waals surface area contributed by atoms with Gasteiger partial charge in [0.1, 0.15) is 0 Å². The first-order valence-corrected chi connectivity index (χ1v) is 5.42. The summed E-state index contributed by atoms with van der Waals surface area (Å²) >= 11 is 0. The van der Waals surface area contributed by atoms with Gasteiger partial charge in [-0.25, -0.2) is 4.68 Å². The van der Waals surface area contributed by atoms with Crippen LogP contribution >= 0.6 is 0 Å². The molecular formula is C12H12F3N3. The molecule has 2 N–H and O–H groups in total. The molecule has 0 aliphatic heterocycles. The molecule has 0 radical (unpaired) electrons. The molecule has 1 aromatic carbocycles. The van der Waals surface area contributed by atoms with E-state index in [1.807, 2.05) is 0 Å². The smallest absolute Gasteiger partial charge is 0.330 e. The van der Waals surface area contributed by atoms with Gasteiger partial charge < -0.3 is 5.73 Å². The summed E-state index contributed by atoms with van der Waals surface area (Å²) in [6.07, 6.45) is -0.200. The molecule has 96 valence electrons. The summed E-state index contributed by atoms with van der Waals surface area (Å²) in [5, 5.41) is 4.08. The summed E-state index contributed by atoms with van der Waals surface area (Å²) in [4.78, 5) is 0. The second kappa shape index (κ2) is 4.81. The molecule has 3 nitrogen and oxygen atoms in total. The highest BCUT2D eigenvalue weighted by Gasteiger charge is 2.29. The molecule has 18 heavy (non-hydrogen) atoms. The van der Waals surface area contributed by atoms with Crippen LogP contribution in [0.25, 0.3) is 5.69 Å². The van der Waals surface area contributed by atoms with Crippen LogP contribution in [0.1, 0.15) is 11.1 Å². The lowest BCUT2D eigenvalue weighted by molar-refractivity contribution is -0.137. The minimum Gasteiger partial charge on any atom is -0.330 e. The van der Waals surface area contributed by atoms with Crippen molar-refractivity contribution in [1.29, 1.82) is 0 Å². The van der Waals surface area contributed by atoms with E-state index in [2.05, 4.69) is 5.10 Å². The van der Waals surface area contributed by atoms with Gasteiger partial charge in [0, 0.05) is 6.20 Å². The Morgan fingerprint density at radius 3 is 2.39 bits per heavy atom. The van der Waals surface area contributed by atoms with Crippen molar-refractivity contribution in [3.63, 3.8) is 0 Å². The summed E-state index contributed by atoms with van der Waals surface area (Å²) in [5.74, 6) is 0. The molecule has 0 spiro atoms. The van der Waals surface area contributed by atoms with Crippen molar-refractivity contribution in [2.75, 3.05) is 6.54 Å². The van der Waals surface area contributed by atoms with E-state index in [1.165, 1.54) is 16.8 Å². The predicted molar refractivity (Wildman–Crippen MR) is 61.3 cm³/mol. The van der Waals surface area contributed by atoms with Crippen molar-refractivity contribution < 1.29 is 13.2 Å². The maximum absolute atomic E-state index is 12.4. The Morgan fingerprint density at radius 1 is 1.17 bits per heavy atom. The fraction of sp³-hybridized carbons (Fsp3) is 0.250. The van der Waals surface area contributed by atoms with Crippen LogP contribution in [0.3, 0.4) is 0 Å². The highest BCUT2D eigenvalue weighted by molar-refractivity contribution is 5.35. The number of alkyl halides is 3. The van der Waals surface area contributed by atoms with Crippen molar-refractivity contribution in [3.8, 4) is 5.69 Å². The number of hydrogen-bond donors (Lipinski definition) is 1. The van der Waals surface area contributed by atoms with Gasteiger partial charge in [0.25, 0.3) is 0 Å². The van der Waals surface area contributed by atoms with Crippen LogP contribution in [0.15, 0.2) is 36.7 Å². The lowest BCUT2D eigenvalue weighted by Gasteiger charge is -2.07. The zero-order valence-corrected chi connectivity index (χ0v) is 9.48. The zero-order valence-electron chi connectivity index (χ0n) is 9.48. The van der Waals surface area contributed by atoms with Gasteiger partial charge in [-0.2, -0.15) is 18.3 Å². The molecule has 2 rings (SSSR count). The van der Waals surface area contributed by atoms with Gasteiger partial charge in [-0.15, -0.1) is 0 Å². The average Bonchev–Trinajstić information content (AvgIpc) is 2.77. The quantitative estimate of drug-likeness (QED) is 0.915. The molecule has 0 amide bonds. The minimum absolute atomic E-state index is 0.513. The maximum atomic E-state index is 12.4. The standard InChI is InChI=1S/C12H12F3N3/c13-12(14,15)10-1-3-11(4-2-10)18-8-9(5-6-16)7-17-18/h1-4,7-8H,5-6,16H2. The van der Waals surface area contributed by atoms with E-state index in [0.29, 0.717) is 18.7 Å². The molecule has 0 aliphatic rings. The zero-order chi connectivity index (χ0) is 13.2. The van der Waals surface area contributed by atoms with Gasteiger partial charge in [-0.1, -0.05) is 0 Å². The molecule has 1 aromatic heterocycles. The summed E-state index contributed by atoms with van der Waals surface area (Å²) in [7, 11) is 0. The SMILES string of the molecule is NCCc1cnn(-c2ccc(C(F)(F)F)cc2)c1. The number of benzene rings is 1. The number of nitrogens with two attached hydrogens (primary N) is 1. The summed E-state index contributed by atoms with van der Waals surface area (Å²) < 4.78 is 38.7. The molecular weight excluding hydrogens is 243 g/mol. The first kappa shape index (κ1) is 12.6. The molecule has 0 aliphatic carbocycles. The lowest BCUT2D eigenvalue weighted by atomic mass is 10.2. The lowest BCUT2D eigenvalue weighted by Crippen LogP contribution is -2.05. The number of hydrogen-bond acceptors (Lipinski definition) is 2. The molecule has 0 unspecified atom stereocenters. The Balaban J connectivity index is 2.23. The van der Waals surface area contributed by atoms with E-state index in [4.69, 9.17) is 5.73 Å². The van der Waals surface area contributed by atoms with Gasteiger partial charge >= 0.3 is 6.18 Å². The molecule has 0 fully saturated rings. The Morgan fingerprint density at radius 2 is 1.83 bits per heavy atom. The van der Waals surface area contributed by atoms with Crippen LogP contribution < -0.4 is 5.73 Å². The molecule has 0 saturated heterocycles. The monoisotopic (exact) mass is 255 g/mol. The van der Waals surface area contributed by atoms with Crippen molar-refractivity contribution in [3.05, 3.63) is 47.8 Å². The van der Waals surface area contributed by atoms with E-state index in [1.54, 1.807) is 12.4 Å². The number of halogens is 3. The Bertz CT molecular complexity index is 514. The van der Waals surface area contributed by atoms with Crippen molar-refractivity contribution in [2.45, 2.75) is 12.6 Å². The van der Waals surface area contributed by atoms with Crippen LogP contribution in [-0.4, -0.2) is 16.3 Å². The van der Waals surface area contributed by atoms with Crippen LogP contribution in [0.5, 0.6) is 0 Å². The highest BCUT2D eigenvalue weighted by Crippen LogP contribution is 2.29. The van der Waals surface area contributed by atoms with Crippen molar-refractivity contribution in [1.82, 2.24) is 9.78 Å². The predicted octanol–water partition coefficient (Wildman–Crippen LogP) is 2.39. The van der Waals surface area contributed by atoms with E-state index < -0.39 is 11.7 Å². The van der Waals surface area contributed by atoms with E-state index in [9.17, 15) is 13.2 Å². The fourth-order valence-corrected chi connectivity index (χ4v) is 1.60. The second-order valence-electron chi connectivity index (χ2n) is 3.88. The topological polar surface area (TPSA) is 43.8 Å². The maximum Gasteiger partial charge on any atom is 0.416 e. The van der Waals surface area contributed by atoms with E-state index >= 15 is 0 Å². The van der Waals surface area contributed by atoms with Gasteiger partial charge in [0.15, 0.2) is 0 Å². The van der Waals surface area contributed by atoms with Gasteiger partial charge in [0.2, 0.25) is 0 Å². The first-order valence-electron chi connectivity index (χ1n) is 5.42. The molecule has 6 heteroatoms. The van der Waals surface area contributed by atoms with Crippen molar-refractivity contribution in [2.24, 2.45) is 5.73 Å². The van der Waals surface area contributed by atoms with E-state index in [0.717, 1.165) is 17.7 Å². The number of aromatic nitrogens is 2. The summed E-state index contributed by atoms with van der Waals surface area (Å²) in [6, 6.07) is 4.86. The summed E-state index contributed by atoms with van der Waals surface area (Å²) in [5.41, 5.74) is 6.29. The van der Waals surface area contributed by atoms with Gasteiger partial charge in [0.05, 0.1) is 17.4 Å². The van der Waals surface area contributed by atoms with Crippen LogP contribution in [0.4, 0.5) is 13.2 Å². The second-order valence-corrected chi connectivity index (χ2v) is 3.88. The molecule has 0 atom stereocenters. The first-order chi connectivity index (χ1) is 8.50. The summed E-state index contributed by atoms with van der Waals surface area (Å²) in [6.45, 7) is 0.513. The fourth-order valence-electron chi connectivity index (χ4n) is 1.60. The van der Waals surface area contributed by atoms with Crippen LogP contribution in [0, 0.1) is 0 Å². The van der Waals surface area contributed by atoms with Gasteiger partial charge in [-0.3, -0.25) is 0 Å².